The highest BCUT2D eigenvalue weighted by Crippen LogP contribution is 2.40. The standard InChI is InChI=1S/C22H26N4O2S2/c1-6-28-21(27)19-18(16-10-8-7-9-11-16)15(4)30-20(19)24-22(29)23-13(2)17-12-26(5)25-14(17)3/h7-13H,6H2,1-5H3,(H2,23,24,29). The maximum atomic E-state index is 12.8. The fraction of sp³-hybridized carbons (Fsp3) is 0.318. The van der Waals surface area contributed by atoms with Gasteiger partial charge in [-0.05, 0) is 45.5 Å². The lowest BCUT2D eigenvalue weighted by Crippen LogP contribution is -2.31. The summed E-state index contributed by atoms with van der Waals surface area (Å²) in [5, 5.41) is 12.0. The SMILES string of the molecule is CCOC(=O)c1c(NC(=S)NC(C)c2cn(C)nc2C)sc(C)c1-c1ccccc1. The molecule has 0 saturated carbocycles. The lowest BCUT2D eigenvalue weighted by Gasteiger charge is -2.17. The van der Waals surface area contributed by atoms with Crippen LogP contribution in [0.2, 0.25) is 0 Å². The number of thiophene rings is 1. The number of thiocarbonyl (C=S) groups is 1. The first-order valence-electron chi connectivity index (χ1n) is 9.75. The fourth-order valence-corrected chi connectivity index (χ4v) is 4.85. The highest BCUT2D eigenvalue weighted by Gasteiger charge is 2.25. The van der Waals surface area contributed by atoms with Crippen molar-refractivity contribution < 1.29 is 9.53 Å². The number of nitrogens with zero attached hydrogens (tertiary/aromatic N) is 2. The van der Waals surface area contributed by atoms with Crippen molar-refractivity contribution in [1.82, 2.24) is 15.1 Å². The average molecular weight is 443 g/mol. The van der Waals surface area contributed by atoms with E-state index in [2.05, 4.69) is 15.7 Å². The zero-order valence-electron chi connectivity index (χ0n) is 17.8. The monoisotopic (exact) mass is 442 g/mol. The van der Waals surface area contributed by atoms with Gasteiger partial charge in [-0.1, -0.05) is 30.3 Å². The van der Waals surface area contributed by atoms with E-state index in [-0.39, 0.29) is 12.0 Å². The normalized spacial score (nSPS) is 11.8. The van der Waals surface area contributed by atoms with Crippen molar-refractivity contribution >= 4 is 39.6 Å². The molecule has 0 aliphatic heterocycles. The van der Waals surface area contributed by atoms with E-state index in [9.17, 15) is 4.79 Å². The molecule has 1 atom stereocenters. The van der Waals surface area contributed by atoms with Crippen molar-refractivity contribution in [3.05, 3.63) is 58.2 Å². The Morgan fingerprint density at radius 2 is 2.00 bits per heavy atom. The molecule has 0 radical (unpaired) electrons. The van der Waals surface area contributed by atoms with Crippen molar-refractivity contribution in [3.8, 4) is 11.1 Å². The van der Waals surface area contributed by atoms with E-state index in [0.29, 0.717) is 22.3 Å². The molecule has 0 spiro atoms. The van der Waals surface area contributed by atoms with Crippen LogP contribution in [-0.4, -0.2) is 27.5 Å². The molecule has 1 unspecified atom stereocenters. The summed E-state index contributed by atoms with van der Waals surface area (Å²) in [5.74, 6) is -0.359. The molecule has 0 aliphatic carbocycles. The molecule has 1 aromatic carbocycles. The van der Waals surface area contributed by atoms with E-state index in [1.54, 1.807) is 11.6 Å². The van der Waals surface area contributed by atoms with Gasteiger partial charge in [-0.3, -0.25) is 4.68 Å². The van der Waals surface area contributed by atoms with E-state index in [1.165, 1.54) is 11.3 Å². The Hall–Kier alpha value is -2.71. The van der Waals surface area contributed by atoms with Crippen molar-refractivity contribution in [3.63, 3.8) is 0 Å². The largest absolute Gasteiger partial charge is 0.462 e. The molecule has 0 bridgehead atoms. The minimum atomic E-state index is -0.359. The molecule has 2 N–H and O–H groups in total. The Bertz CT molecular complexity index is 1060. The summed E-state index contributed by atoms with van der Waals surface area (Å²) < 4.78 is 7.13. The lowest BCUT2D eigenvalue weighted by atomic mass is 10.0. The Morgan fingerprint density at radius 1 is 1.30 bits per heavy atom. The van der Waals surface area contributed by atoms with Gasteiger partial charge in [-0.2, -0.15) is 5.10 Å². The number of aryl methyl sites for hydroxylation is 3. The lowest BCUT2D eigenvalue weighted by molar-refractivity contribution is 0.0529. The molecule has 0 amide bonds. The van der Waals surface area contributed by atoms with Crippen LogP contribution < -0.4 is 10.6 Å². The van der Waals surface area contributed by atoms with Crippen molar-refractivity contribution in [2.45, 2.75) is 33.7 Å². The average Bonchev–Trinajstić information content (AvgIpc) is 3.20. The Kier molecular flexibility index (Phi) is 6.89. The van der Waals surface area contributed by atoms with E-state index in [1.807, 2.05) is 64.3 Å². The highest BCUT2D eigenvalue weighted by molar-refractivity contribution is 7.80. The van der Waals surface area contributed by atoms with E-state index in [0.717, 1.165) is 27.3 Å². The number of benzene rings is 1. The van der Waals surface area contributed by atoms with Crippen LogP contribution in [0.25, 0.3) is 11.1 Å². The Morgan fingerprint density at radius 3 is 2.60 bits per heavy atom. The van der Waals surface area contributed by atoms with E-state index in [4.69, 9.17) is 17.0 Å². The number of anilines is 1. The number of carbonyl (C=O) groups excluding carboxylic acids is 1. The Balaban J connectivity index is 1.89. The topological polar surface area (TPSA) is 68.2 Å². The number of aromatic nitrogens is 2. The minimum absolute atomic E-state index is 0.0283. The molecular formula is C22H26N4O2S2. The zero-order chi connectivity index (χ0) is 21.8. The summed E-state index contributed by atoms with van der Waals surface area (Å²) in [6.45, 7) is 8.11. The maximum absolute atomic E-state index is 12.8. The number of rotatable bonds is 6. The van der Waals surface area contributed by atoms with Crippen LogP contribution in [-0.2, 0) is 11.8 Å². The van der Waals surface area contributed by atoms with Crippen molar-refractivity contribution in [2.24, 2.45) is 7.05 Å². The first-order chi connectivity index (χ1) is 14.3. The van der Waals surface area contributed by atoms with Gasteiger partial charge in [0.1, 0.15) is 10.6 Å². The predicted octanol–water partition coefficient (Wildman–Crippen LogP) is 4.99. The molecule has 3 aromatic rings. The second-order valence-corrected chi connectivity index (χ2v) is 8.62. The molecule has 8 heteroatoms. The quantitative estimate of drug-likeness (QED) is 0.414. The first kappa shape index (κ1) is 22.0. The zero-order valence-corrected chi connectivity index (χ0v) is 19.4. The molecule has 158 valence electrons. The van der Waals surface area contributed by atoms with Gasteiger partial charge < -0.3 is 15.4 Å². The third-order valence-corrected chi connectivity index (χ3v) is 5.96. The van der Waals surface area contributed by atoms with Gasteiger partial charge in [-0.25, -0.2) is 4.79 Å². The third-order valence-electron chi connectivity index (χ3n) is 4.72. The number of nitrogens with one attached hydrogen (secondary N) is 2. The molecule has 0 aliphatic rings. The van der Waals surface area contributed by atoms with E-state index < -0.39 is 0 Å². The predicted molar refractivity (Wildman–Crippen MR) is 126 cm³/mol. The number of hydrogen-bond donors (Lipinski definition) is 2. The van der Waals surface area contributed by atoms with E-state index >= 15 is 0 Å². The second kappa shape index (κ2) is 9.40. The molecule has 2 heterocycles. The second-order valence-electron chi connectivity index (χ2n) is 6.99. The highest BCUT2D eigenvalue weighted by atomic mass is 32.1. The van der Waals surface area contributed by atoms with Crippen LogP contribution in [0.15, 0.2) is 36.5 Å². The third kappa shape index (κ3) is 4.71. The van der Waals surface area contributed by atoms with Gasteiger partial charge in [0.15, 0.2) is 5.11 Å². The first-order valence-corrected chi connectivity index (χ1v) is 11.0. The maximum Gasteiger partial charge on any atom is 0.341 e. The summed E-state index contributed by atoms with van der Waals surface area (Å²) in [7, 11) is 1.89. The minimum Gasteiger partial charge on any atom is -0.462 e. The summed E-state index contributed by atoms with van der Waals surface area (Å²) in [5.41, 5.74) is 4.38. The van der Waals surface area contributed by atoms with Crippen LogP contribution in [0.5, 0.6) is 0 Å². The molecule has 6 nitrogen and oxygen atoms in total. The van der Waals surface area contributed by atoms with Crippen LogP contribution in [0.1, 0.15) is 46.4 Å². The molecule has 0 saturated heterocycles. The molecular weight excluding hydrogens is 416 g/mol. The van der Waals surface area contributed by atoms with Gasteiger partial charge in [0.2, 0.25) is 0 Å². The molecule has 0 fully saturated rings. The summed E-state index contributed by atoms with van der Waals surface area (Å²) in [6, 6.07) is 9.82. The van der Waals surface area contributed by atoms with Crippen molar-refractivity contribution in [2.75, 3.05) is 11.9 Å². The summed E-state index contributed by atoms with van der Waals surface area (Å²) in [6.07, 6.45) is 1.97. The number of ether oxygens (including phenoxy) is 1. The fourth-order valence-electron chi connectivity index (χ4n) is 3.44. The molecule has 3 rings (SSSR count). The van der Waals surface area contributed by atoms with Crippen LogP contribution in [0, 0.1) is 13.8 Å². The van der Waals surface area contributed by atoms with Gasteiger partial charge in [0.05, 0.1) is 18.3 Å². The summed E-state index contributed by atoms with van der Waals surface area (Å²) in [4.78, 5) is 13.8. The van der Waals surface area contributed by atoms with Gasteiger partial charge in [-0.15, -0.1) is 11.3 Å². The summed E-state index contributed by atoms with van der Waals surface area (Å²) >= 11 is 7.04. The smallest absolute Gasteiger partial charge is 0.341 e. The van der Waals surface area contributed by atoms with Crippen LogP contribution >= 0.6 is 23.6 Å². The Labute approximate surface area is 186 Å². The number of esters is 1. The molecule has 30 heavy (non-hydrogen) atoms. The number of hydrogen-bond acceptors (Lipinski definition) is 5. The van der Waals surface area contributed by atoms with Gasteiger partial charge in [0.25, 0.3) is 0 Å². The van der Waals surface area contributed by atoms with Crippen LogP contribution in [0.3, 0.4) is 0 Å². The number of carbonyl (C=O) groups is 1. The van der Waals surface area contributed by atoms with Crippen molar-refractivity contribution in [1.29, 1.82) is 0 Å². The van der Waals surface area contributed by atoms with Gasteiger partial charge >= 0.3 is 5.97 Å². The molecule has 2 aromatic heterocycles. The van der Waals surface area contributed by atoms with Crippen LogP contribution in [0.4, 0.5) is 5.00 Å². The van der Waals surface area contributed by atoms with Gasteiger partial charge in [0, 0.05) is 29.2 Å².